The highest BCUT2D eigenvalue weighted by atomic mass is 32.2. The van der Waals surface area contributed by atoms with E-state index in [0.717, 1.165) is 33.1 Å². The van der Waals surface area contributed by atoms with Gasteiger partial charge in [0.1, 0.15) is 5.01 Å². The van der Waals surface area contributed by atoms with E-state index in [4.69, 9.17) is 10.7 Å². The first-order valence-electron chi connectivity index (χ1n) is 8.72. The Bertz CT molecular complexity index is 1180. The monoisotopic (exact) mass is 413 g/mol. The molecule has 2 N–H and O–H groups in total. The van der Waals surface area contributed by atoms with Crippen LogP contribution in [0.2, 0.25) is 0 Å². The lowest BCUT2D eigenvalue weighted by Crippen LogP contribution is -2.34. The lowest BCUT2D eigenvalue weighted by atomic mass is 10.1. The van der Waals surface area contributed by atoms with E-state index in [1.54, 1.807) is 18.2 Å². The SMILES string of the molecule is C[C@@H]1Cc2cc(-c3csc(-c4cccc(C(N)=O)c4)n3)ccc2N1S(C)(=O)=O. The van der Waals surface area contributed by atoms with Crippen molar-refractivity contribution in [3.05, 3.63) is 59.0 Å². The molecule has 28 heavy (non-hydrogen) atoms. The fourth-order valence-corrected chi connectivity index (χ4v) is 5.70. The Kier molecular flexibility index (Phi) is 4.47. The first-order chi connectivity index (χ1) is 13.2. The molecule has 1 atom stereocenters. The summed E-state index contributed by atoms with van der Waals surface area (Å²) >= 11 is 1.49. The van der Waals surface area contributed by atoms with Crippen molar-refractivity contribution >= 4 is 33.0 Å². The molecule has 0 spiro atoms. The van der Waals surface area contributed by atoms with Crippen LogP contribution >= 0.6 is 11.3 Å². The molecule has 1 aliphatic rings. The van der Waals surface area contributed by atoms with Gasteiger partial charge in [0.2, 0.25) is 15.9 Å². The first kappa shape index (κ1) is 18.6. The molecule has 1 aliphatic heterocycles. The van der Waals surface area contributed by atoms with Gasteiger partial charge >= 0.3 is 0 Å². The van der Waals surface area contributed by atoms with Crippen LogP contribution in [-0.4, -0.2) is 31.6 Å². The van der Waals surface area contributed by atoms with Crippen molar-refractivity contribution in [1.82, 2.24) is 4.98 Å². The zero-order chi connectivity index (χ0) is 20.1. The molecule has 144 valence electrons. The highest BCUT2D eigenvalue weighted by Crippen LogP contribution is 2.37. The minimum atomic E-state index is -3.30. The van der Waals surface area contributed by atoms with Crippen molar-refractivity contribution in [3.8, 4) is 21.8 Å². The molecule has 2 aromatic carbocycles. The Morgan fingerprint density at radius 2 is 2.00 bits per heavy atom. The maximum Gasteiger partial charge on any atom is 0.248 e. The highest BCUT2D eigenvalue weighted by molar-refractivity contribution is 7.92. The maximum atomic E-state index is 12.1. The summed E-state index contributed by atoms with van der Waals surface area (Å²) in [4.78, 5) is 16.1. The van der Waals surface area contributed by atoms with Crippen LogP contribution in [0.15, 0.2) is 47.8 Å². The Balaban J connectivity index is 1.68. The van der Waals surface area contributed by atoms with Crippen molar-refractivity contribution in [3.63, 3.8) is 0 Å². The summed E-state index contributed by atoms with van der Waals surface area (Å²) in [6.45, 7) is 1.91. The van der Waals surface area contributed by atoms with E-state index in [1.807, 2.05) is 36.6 Å². The normalized spacial score (nSPS) is 16.2. The molecule has 8 heteroatoms. The zero-order valence-electron chi connectivity index (χ0n) is 15.4. The number of nitrogens with two attached hydrogens (primary N) is 1. The van der Waals surface area contributed by atoms with Gasteiger partial charge in [0, 0.05) is 28.1 Å². The zero-order valence-corrected chi connectivity index (χ0v) is 17.0. The number of amides is 1. The van der Waals surface area contributed by atoms with Crippen LogP contribution in [-0.2, 0) is 16.4 Å². The van der Waals surface area contributed by atoms with E-state index in [1.165, 1.54) is 21.9 Å². The van der Waals surface area contributed by atoms with Crippen LogP contribution < -0.4 is 10.0 Å². The molecular formula is C20H19N3O3S2. The Hall–Kier alpha value is -2.71. The summed E-state index contributed by atoms with van der Waals surface area (Å²) in [7, 11) is -3.30. The molecule has 0 fully saturated rings. The summed E-state index contributed by atoms with van der Waals surface area (Å²) < 4.78 is 25.6. The fourth-order valence-electron chi connectivity index (χ4n) is 3.61. The molecule has 0 saturated heterocycles. The van der Waals surface area contributed by atoms with Gasteiger partial charge in [-0.3, -0.25) is 9.10 Å². The standard InChI is InChI=1S/C20H19N3O3S2/c1-12-8-16-9-13(6-7-18(16)23(12)28(2,25)26)17-11-27-20(22-17)15-5-3-4-14(10-15)19(21)24/h3-7,9-12H,8H2,1-2H3,(H2,21,24)/t12-/m1/s1. The number of carbonyl (C=O) groups excluding carboxylic acids is 1. The highest BCUT2D eigenvalue weighted by Gasteiger charge is 2.32. The van der Waals surface area contributed by atoms with Crippen molar-refractivity contribution in [1.29, 1.82) is 0 Å². The Morgan fingerprint density at radius 1 is 1.21 bits per heavy atom. The van der Waals surface area contributed by atoms with Crippen molar-refractivity contribution in [2.24, 2.45) is 5.73 Å². The summed E-state index contributed by atoms with van der Waals surface area (Å²) in [6, 6.07) is 12.7. The fraction of sp³-hybridized carbons (Fsp3) is 0.200. The van der Waals surface area contributed by atoms with Gasteiger partial charge in [0.25, 0.3) is 0 Å². The van der Waals surface area contributed by atoms with Gasteiger partial charge < -0.3 is 5.73 Å². The molecule has 1 amide bonds. The van der Waals surface area contributed by atoms with E-state index in [2.05, 4.69) is 0 Å². The number of hydrogen-bond donors (Lipinski definition) is 1. The van der Waals surface area contributed by atoms with Gasteiger partial charge in [-0.1, -0.05) is 18.2 Å². The largest absolute Gasteiger partial charge is 0.366 e. The lowest BCUT2D eigenvalue weighted by molar-refractivity contribution is 0.100. The predicted molar refractivity (Wildman–Crippen MR) is 112 cm³/mol. The number of aromatic nitrogens is 1. The van der Waals surface area contributed by atoms with Crippen LogP contribution in [0.4, 0.5) is 5.69 Å². The van der Waals surface area contributed by atoms with Gasteiger partial charge in [-0.25, -0.2) is 13.4 Å². The molecule has 1 aromatic heterocycles. The quantitative estimate of drug-likeness (QED) is 0.710. The third-order valence-corrected chi connectivity index (χ3v) is 6.95. The number of carbonyl (C=O) groups is 1. The average Bonchev–Trinajstić information content (AvgIpc) is 3.24. The van der Waals surface area contributed by atoms with Crippen molar-refractivity contribution < 1.29 is 13.2 Å². The number of hydrogen-bond acceptors (Lipinski definition) is 5. The summed E-state index contributed by atoms with van der Waals surface area (Å²) in [6.07, 6.45) is 1.91. The summed E-state index contributed by atoms with van der Waals surface area (Å²) in [5, 5.41) is 2.76. The van der Waals surface area contributed by atoms with E-state index in [9.17, 15) is 13.2 Å². The summed E-state index contributed by atoms with van der Waals surface area (Å²) in [5.41, 5.74) is 10.1. The van der Waals surface area contributed by atoms with Crippen molar-refractivity contribution in [2.75, 3.05) is 10.6 Å². The summed E-state index contributed by atoms with van der Waals surface area (Å²) in [5.74, 6) is -0.471. The Labute approximate surface area is 167 Å². The Morgan fingerprint density at radius 3 is 2.71 bits per heavy atom. The predicted octanol–water partition coefficient (Wildman–Crippen LogP) is 3.29. The smallest absolute Gasteiger partial charge is 0.248 e. The lowest BCUT2D eigenvalue weighted by Gasteiger charge is -2.21. The van der Waals surface area contributed by atoms with Gasteiger partial charge in [-0.15, -0.1) is 11.3 Å². The minimum absolute atomic E-state index is 0.0946. The third-order valence-electron chi connectivity index (χ3n) is 4.78. The second-order valence-corrected chi connectivity index (χ2v) is 9.66. The number of sulfonamides is 1. The molecule has 6 nitrogen and oxygen atoms in total. The van der Waals surface area contributed by atoms with Crippen LogP contribution in [0.5, 0.6) is 0 Å². The second kappa shape index (κ2) is 6.72. The van der Waals surface area contributed by atoms with Crippen LogP contribution in [0.1, 0.15) is 22.8 Å². The molecule has 3 aromatic rings. The van der Waals surface area contributed by atoms with E-state index in [-0.39, 0.29) is 6.04 Å². The number of nitrogens with zero attached hydrogens (tertiary/aromatic N) is 2. The van der Waals surface area contributed by atoms with Gasteiger partial charge in [0.15, 0.2) is 0 Å². The maximum absolute atomic E-state index is 12.1. The first-order valence-corrected chi connectivity index (χ1v) is 11.5. The van der Waals surface area contributed by atoms with E-state index >= 15 is 0 Å². The average molecular weight is 414 g/mol. The molecule has 2 heterocycles. The molecule has 0 aliphatic carbocycles. The molecule has 0 radical (unpaired) electrons. The number of anilines is 1. The topological polar surface area (TPSA) is 93.4 Å². The van der Waals surface area contributed by atoms with Gasteiger partial charge in [0.05, 0.1) is 17.6 Å². The van der Waals surface area contributed by atoms with Gasteiger partial charge in [-0.05, 0) is 43.2 Å². The molecule has 0 unspecified atom stereocenters. The number of rotatable bonds is 4. The number of thiazole rings is 1. The third kappa shape index (κ3) is 3.29. The second-order valence-electron chi connectivity index (χ2n) is 6.94. The number of fused-ring (bicyclic) bond motifs is 1. The van der Waals surface area contributed by atoms with Crippen LogP contribution in [0, 0.1) is 0 Å². The minimum Gasteiger partial charge on any atom is -0.366 e. The van der Waals surface area contributed by atoms with Gasteiger partial charge in [-0.2, -0.15) is 0 Å². The molecular weight excluding hydrogens is 394 g/mol. The van der Waals surface area contributed by atoms with Crippen LogP contribution in [0.25, 0.3) is 21.8 Å². The number of benzene rings is 2. The van der Waals surface area contributed by atoms with E-state index < -0.39 is 15.9 Å². The number of primary amides is 1. The molecule has 4 rings (SSSR count). The van der Waals surface area contributed by atoms with Crippen molar-refractivity contribution in [2.45, 2.75) is 19.4 Å². The molecule has 0 bridgehead atoms. The molecule has 0 saturated carbocycles. The van der Waals surface area contributed by atoms with E-state index in [0.29, 0.717) is 12.0 Å². The van der Waals surface area contributed by atoms with Crippen LogP contribution in [0.3, 0.4) is 0 Å².